The van der Waals surface area contributed by atoms with Gasteiger partial charge in [-0.25, -0.2) is 0 Å². The second-order valence-corrected chi connectivity index (χ2v) is 4.28. The van der Waals surface area contributed by atoms with Gasteiger partial charge in [0.25, 0.3) is 0 Å². The molecule has 98 valence electrons. The first kappa shape index (κ1) is 14.0. The predicted molar refractivity (Wildman–Crippen MR) is 70.5 cm³/mol. The van der Waals surface area contributed by atoms with Crippen molar-refractivity contribution in [2.75, 3.05) is 6.54 Å². The average Bonchev–Trinajstić information content (AvgIpc) is 2.36. The molecular weight excluding hydrogens is 230 g/mol. The van der Waals surface area contributed by atoms with Crippen LogP contribution in [0, 0.1) is 12.8 Å². The lowest BCUT2D eigenvalue weighted by Crippen LogP contribution is -2.38. The van der Waals surface area contributed by atoms with E-state index in [2.05, 4.69) is 16.5 Å². The molecule has 1 aromatic rings. The molecule has 4 N–H and O–H groups in total. The van der Waals surface area contributed by atoms with E-state index in [1.807, 2.05) is 25.1 Å². The maximum absolute atomic E-state index is 11.6. The highest BCUT2D eigenvalue weighted by molar-refractivity contribution is 6.01. The minimum absolute atomic E-state index is 0.0805. The quantitative estimate of drug-likeness (QED) is 0.315. The normalized spacial score (nSPS) is 13.1. The van der Waals surface area contributed by atoms with E-state index in [9.17, 15) is 4.79 Å². The van der Waals surface area contributed by atoms with Crippen molar-refractivity contribution in [3.63, 3.8) is 0 Å². The van der Waals surface area contributed by atoms with Crippen molar-refractivity contribution >= 4 is 11.7 Å². The molecule has 0 aliphatic carbocycles. The first-order valence-electron chi connectivity index (χ1n) is 5.85. The van der Waals surface area contributed by atoms with Gasteiger partial charge in [0.2, 0.25) is 5.91 Å². The fraction of sp³-hybridized carbons (Fsp3) is 0.385. The minimum atomic E-state index is -0.618. The van der Waals surface area contributed by atoms with E-state index in [-0.39, 0.29) is 11.7 Å². The lowest BCUT2D eigenvalue weighted by atomic mass is 10.1. The SMILES string of the molecule is Cc1cccc(CCNC(=O)C(C)/C(N)=N/O)c1. The van der Waals surface area contributed by atoms with Crippen LogP contribution in [0.15, 0.2) is 29.4 Å². The molecule has 5 heteroatoms. The second kappa shape index (κ2) is 6.64. The fourth-order valence-corrected chi connectivity index (χ4v) is 1.57. The topological polar surface area (TPSA) is 87.7 Å². The lowest BCUT2D eigenvalue weighted by Gasteiger charge is -2.10. The van der Waals surface area contributed by atoms with Crippen LogP contribution < -0.4 is 11.1 Å². The number of hydrogen-bond acceptors (Lipinski definition) is 3. The summed E-state index contributed by atoms with van der Waals surface area (Å²) in [6, 6.07) is 8.12. The standard InChI is InChI=1S/C13H19N3O2/c1-9-4-3-5-11(8-9)6-7-15-13(17)10(2)12(14)16-18/h3-5,8,10,18H,6-7H2,1-2H3,(H2,14,16)(H,15,17). The molecule has 0 radical (unpaired) electrons. The Bertz CT molecular complexity index is 444. The minimum Gasteiger partial charge on any atom is -0.409 e. The van der Waals surface area contributed by atoms with Crippen LogP contribution in [0.2, 0.25) is 0 Å². The van der Waals surface area contributed by atoms with Gasteiger partial charge >= 0.3 is 0 Å². The molecule has 1 rings (SSSR count). The van der Waals surface area contributed by atoms with Gasteiger partial charge in [0, 0.05) is 6.54 Å². The summed E-state index contributed by atoms with van der Waals surface area (Å²) in [5, 5.41) is 14.0. The fourth-order valence-electron chi connectivity index (χ4n) is 1.57. The van der Waals surface area contributed by atoms with Crippen LogP contribution in [0.4, 0.5) is 0 Å². The molecule has 1 atom stereocenters. The summed E-state index contributed by atoms with van der Waals surface area (Å²) in [5.74, 6) is -0.937. The number of carbonyl (C=O) groups excluding carboxylic acids is 1. The zero-order chi connectivity index (χ0) is 13.5. The first-order chi connectivity index (χ1) is 8.54. The highest BCUT2D eigenvalue weighted by Crippen LogP contribution is 2.04. The highest BCUT2D eigenvalue weighted by Gasteiger charge is 2.16. The number of oxime groups is 1. The number of nitrogens with two attached hydrogens (primary N) is 1. The number of nitrogens with one attached hydrogen (secondary N) is 1. The van der Waals surface area contributed by atoms with E-state index < -0.39 is 5.92 Å². The van der Waals surface area contributed by atoms with E-state index in [1.165, 1.54) is 11.1 Å². The number of amidine groups is 1. The average molecular weight is 249 g/mol. The van der Waals surface area contributed by atoms with E-state index in [0.717, 1.165) is 6.42 Å². The summed E-state index contributed by atoms with van der Waals surface area (Å²) in [5.41, 5.74) is 7.73. The molecule has 0 bridgehead atoms. The summed E-state index contributed by atoms with van der Waals surface area (Å²) in [6.07, 6.45) is 0.760. The smallest absolute Gasteiger partial charge is 0.230 e. The van der Waals surface area contributed by atoms with Crippen LogP contribution in [0.3, 0.4) is 0 Å². The molecule has 18 heavy (non-hydrogen) atoms. The molecule has 0 aromatic heterocycles. The van der Waals surface area contributed by atoms with Crippen LogP contribution in [-0.4, -0.2) is 23.5 Å². The van der Waals surface area contributed by atoms with Crippen molar-refractivity contribution in [3.05, 3.63) is 35.4 Å². The Morgan fingerprint density at radius 2 is 2.28 bits per heavy atom. The zero-order valence-electron chi connectivity index (χ0n) is 10.7. The molecule has 0 aliphatic heterocycles. The van der Waals surface area contributed by atoms with Gasteiger partial charge in [0.05, 0.1) is 5.92 Å². The number of aryl methyl sites for hydroxylation is 1. The van der Waals surface area contributed by atoms with Crippen molar-refractivity contribution in [1.29, 1.82) is 0 Å². The number of nitrogens with zero attached hydrogens (tertiary/aromatic N) is 1. The van der Waals surface area contributed by atoms with Crippen molar-refractivity contribution in [3.8, 4) is 0 Å². The lowest BCUT2D eigenvalue weighted by molar-refractivity contribution is -0.122. The Labute approximate surface area is 107 Å². The van der Waals surface area contributed by atoms with Crippen LogP contribution in [0.5, 0.6) is 0 Å². The Balaban J connectivity index is 2.40. The molecule has 0 fully saturated rings. The summed E-state index contributed by atoms with van der Waals surface area (Å²) in [7, 11) is 0. The van der Waals surface area contributed by atoms with E-state index in [4.69, 9.17) is 10.9 Å². The van der Waals surface area contributed by atoms with Gasteiger partial charge in [0.1, 0.15) is 0 Å². The molecule has 1 amide bonds. The molecule has 0 saturated heterocycles. The van der Waals surface area contributed by atoms with Crippen LogP contribution in [0.25, 0.3) is 0 Å². The van der Waals surface area contributed by atoms with Crippen LogP contribution >= 0.6 is 0 Å². The summed E-state index contributed by atoms with van der Waals surface area (Å²) < 4.78 is 0. The van der Waals surface area contributed by atoms with Crippen LogP contribution in [0.1, 0.15) is 18.1 Å². The largest absolute Gasteiger partial charge is 0.409 e. The second-order valence-electron chi connectivity index (χ2n) is 4.28. The molecule has 0 saturated carbocycles. The van der Waals surface area contributed by atoms with Crippen molar-refractivity contribution in [2.45, 2.75) is 20.3 Å². The molecular formula is C13H19N3O2. The molecule has 0 spiro atoms. The van der Waals surface area contributed by atoms with Gasteiger partial charge in [-0.15, -0.1) is 0 Å². The molecule has 1 aromatic carbocycles. The number of rotatable bonds is 5. The third-order valence-electron chi connectivity index (χ3n) is 2.75. The number of carbonyl (C=O) groups is 1. The predicted octanol–water partition coefficient (Wildman–Crippen LogP) is 1.04. The summed E-state index contributed by atoms with van der Waals surface area (Å²) in [6.45, 7) is 4.16. The van der Waals surface area contributed by atoms with Gasteiger partial charge in [0.15, 0.2) is 5.84 Å². The van der Waals surface area contributed by atoms with Crippen molar-refractivity contribution in [2.24, 2.45) is 16.8 Å². The summed E-state index contributed by atoms with van der Waals surface area (Å²) in [4.78, 5) is 11.6. The molecule has 0 aliphatic rings. The molecule has 0 heterocycles. The monoisotopic (exact) mass is 249 g/mol. The van der Waals surface area contributed by atoms with Crippen LogP contribution in [-0.2, 0) is 11.2 Å². The summed E-state index contributed by atoms with van der Waals surface area (Å²) >= 11 is 0. The molecule has 1 unspecified atom stereocenters. The zero-order valence-corrected chi connectivity index (χ0v) is 10.7. The Kier molecular flexibility index (Phi) is 5.17. The van der Waals surface area contributed by atoms with Gasteiger partial charge in [-0.1, -0.05) is 35.0 Å². The van der Waals surface area contributed by atoms with Gasteiger partial charge in [-0.05, 0) is 25.8 Å². The third-order valence-corrected chi connectivity index (χ3v) is 2.75. The van der Waals surface area contributed by atoms with Gasteiger partial charge in [-0.3, -0.25) is 4.79 Å². The van der Waals surface area contributed by atoms with Crippen molar-refractivity contribution in [1.82, 2.24) is 5.32 Å². The van der Waals surface area contributed by atoms with E-state index in [1.54, 1.807) is 6.92 Å². The van der Waals surface area contributed by atoms with Gasteiger partial charge < -0.3 is 16.3 Å². The number of benzene rings is 1. The Morgan fingerprint density at radius 1 is 1.56 bits per heavy atom. The number of amides is 1. The molecule has 5 nitrogen and oxygen atoms in total. The van der Waals surface area contributed by atoms with E-state index >= 15 is 0 Å². The van der Waals surface area contributed by atoms with Gasteiger partial charge in [-0.2, -0.15) is 0 Å². The highest BCUT2D eigenvalue weighted by atomic mass is 16.4. The Morgan fingerprint density at radius 3 is 2.89 bits per heavy atom. The van der Waals surface area contributed by atoms with Crippen molar-refractivity contribution < 1.29 is 10.0 Å². The third kappa shape index (κ3) is 4.08. The maximum atomic E-state index is 11.6. The first-order valence-corrected chi connectivity index (χ1v) is 5.85. The van der Waals surface area contributed by atoms with E-state index in [0.29, 0.717) is 6.54 Å². The Hall–Kier alpha value is -2.04. The maximum Gasteiger partial charge on any atom is 0.230 e. The number of hydrogen-bond donors (Lipinski definition) is 3.